The number of nitrogens with zero attached hydrogens (tertiary/aromatic N) is 2. The molecule has 3 rings (SSSR count). The molecule has 0 radical (unpaired) electrons. The molecule has 5 nitrogen and oxygen atoms in total. The van der Waals surface area contributed by atoms with E-state index in [0.29, 0.717) is 0 Å². The Morgan fingerprint density at radius 2 is 1.54 bits per heavy atom. The number of anilines is 1. The summed E-state index contributed by atoms with van der Waals surface area (Å²) in [7, 11) is -1.91. The number of ether oxygens (including phenoxy) is 1. The molecule has 0 aliphatic carbocycles. The van der Waals surface area contributed by atoms with Crippen molar-refractivity contribution in [2.45, 2.75) is 11.8 Å². The number of rotatable bonds is 5. The molecule has 1 aliphatic heterocycles. The Labute approximate surface area is 142 Å². The molecule has 126 valence electrons. The SMILES string of the molecule is CN1C=CN(c2ccccc2)C1(OCc1ccccc1)S(C)(=O)=O. The average molecular weight is 344 g/mol. The Morgan fingerprint density at radius 3 is 2.12 bits per heavy atom. The van der Waals surface area contributed by atoms with Crippen molar-refractivity contribution in [1.82, 2.24) is 4.90 Å². The molecule has 0 aromatic heterocycles. The molecule has 0 spiro atoms. The summed E-state index contributed by atoms with van der Waals surface area (Å²) in [6.07, 6.45) is 4.62. The average Bonchev–Trinajstić information content (AvgIpc) is 2.92. The molecule has 0 N–H and O–H groups in total. The molecule has 2 aromatic rings. The summed E-state index contributed by atoms with van der Waals surface area (Å²) < 4.78 is 31.5. The van der Waals surface area contributed by atoms with Crippen LogP contribution >= 0.6 is 0 Å². The van der Waals surface area contributed by atoms with E-state index in [9.17, 15) is 8.42 Å². The maximum Gasteiger partial charge on any atom is 0.332 e. The van der Waals surface area contributed by atoms with Crippen molar-refractivity contribution < 1.29 is 13.2 Å². The van der Waals surface area contributed by atoms with Gasteiger partial charge in [-0.1, -0.05) is 48.5 Å². The van der Waals surface area contributed by atoms with Crippen molar-refractivity contribution in [2.24, 2.45) is 0 Å². The van der Waals surface area contributed by atoms with E-state index in [-0.39, 0.29) is 6.61 Å². The second kappa shape index (κ2) is 6.30. The van der Waals surface area contributed by atoms with E-state index in [1.807, 2.05) is 60.7 Å². The van der Waals surface area contributed by atoms with Gasteiger partial charge in [0.25, 0.3) is 0 Å². The lowest BCUT2D eigenvalue weighted by Crippen LogP contribution is -2.59. The first-order valence-electron chi connectivity index (χ1n) is 7.58. The highest BCUT2D eigenvalue weighted by Gasteiger charge is 2.53. The van der Waals surface area contributed by atoms with Crippen LogP contribution in [0.4, 0.5) is 5.69 Å². The minimum absolute atomic E-state index is 0.184. The molecule has 6 heteroatoms. The molecule has 1 unspecified atom stereocenters. The Kier molecular flexibility index (Phi) is 4.34. The third-order valence-electron chi connectivity index (χ3n) is 3.98. The van der Waals surface area contributed by atoms with E-state index >= 15 is 0 Å². The van der Waals surface area contributed by atoms with Gasteiger partial charge in [0.2, 0.25) is 9.84 Å². The molecule has 24 heavy (non-hydrogen) atoms. The molecule has 0 bridgehead atoms. The fraction of sp³-hybridized carbons (Fsp3) is 0.222. The lowest BCUT2D eigenvalue weighted by atomic mass is 10.2. The van der Waals surface area contributed by atoms with Gasteiger partial charge in [-0.15, -0.1) is 0 Å². The summed E-state index contributed by atoms with van der Waals surface area (Å²) in [5.41, 5.74) is 1.66. The van der Waals surface area contributed by atoms with Gasteiger partial charge >= 0.3 is 5.18 Å². The monoisotopic (exact) mass is 344 g/mol. The van der Waals surface area contributed by atoms with Gasteiger partial charge in [0.1, 0.15) is 0 Å². The normalized spacial score (nSPS) is 20.6. The van der Waals surface area contributed by atoms with Crippen LogP contribution in [-0.2, 0) is 21.2 Å². The molecule has 2 aromatic carbocycles. The summed E-state index contributed by atoms with van der Waals surface area (Å²) in [6, 6.07) is 18.9. The summed E-state index contributed by atoms with van der Waals surface area (Å²) in [5, 5.41) is -1.61. The van der Waals surface area contributed by atoms with Crippen LogP contribution in [-0.4, -0.2) is 31.8 Å². The summed E-state index contributed by atoms with van der Waals surface area (Å²) in [4.78, 5) is 3.23. The highest BCUT2D eigenvalue weighted by molar-refractivity contribution is 7.92. The van der Waals surface area contributed by atoms with Crippen LogP contribution in [0.3, 0.4) is 0 Å². The summed E-state index contributed by atoms with van der Waals surface area (Å²) in [6.45, 7) is 0.184. The first-order valence-corrected chi connectivity index (χ1v) is 9.47. The van der Waals surface area contributed by atoms with Crippen LogP contribution in [0.1, 0.15) is 5.56 Å². The highest BCUT2D eigenvalue weighted by atomic mass is 32.2. The molecule has 0 saturated carbocycles. The minimum Gasteiger partial charge on any atom is -0.321 e. The predicted molar refractivity (Wildman–Crippen MR) is 94.6 cm³/mol. The lowest BCUT2D eigenvalue weighted by Gasteiger charge is -2.41. The van der Waals surface area contributed by atoms with Gasteiger partial charge in [0.15, 0.2) is 0 Å². The maximum atomic E-state index is 12.7. The van der Waals surface area contributed by atoms with E-state index in [1.165, 1.54) is 6.26 Å². The predicted octanol–water partition coefficient (Wildman–Crippen LogP) is 2.78. The van der Waals surface area contributed by atoms with Crippen LogP contribution in [0.2, 0.25) is 0 Å². The van der Waals surface area contributed by atoms with E-state index in [1.54, 1.807) is 29.2 Å². The number of para-hydroxylation sites is 1. The second-order valence-corrected chi connectivity index (χ2v) is 7.79. The Balaban J connectivity index is 2.01. The highest BCUT2D eigenvalue weighted by Crippen LogP contribution is 2.37. The van der Waals surface area contributed by atoms with Crippen molar-refractivity contribution in [2.75, 3.05) is 18.2 Å². The summed E-state index contributed by atoms with van der Waals surface area (Å²) >= 11 is 0. The Hall–Kier alpha value is -2.31. The first-order chi connectivity index (χ1) is 11.4. The molecular weight excluding hydrogens is 324 g/mol. The number of benzene rings is 2. The van der Waals surface area contributed by atoms with Crippen LogP contribution in [0.5, 0.6) is 0 Å². The van der Waals surface area contributed by atoms with E-state index in [2.05, 4.69) is 0 Å². The van der Waals surface area contributed by atoms with Crippen molar-refractivity contribution in [3.05, 3.63) is 78.6 Å². The van der Waals surface area contributed by atoms with E-state index in [0.717, 1.165) is 11.3 Å². The van der Waals surface area contributed by atoms with Crippen LogP contribution in [0.15, 0.2) is 73.1 Å². The molecule has 1 heterocycles. The van der Waals surface area contributed by atoms with Crippen LogP contribution in [0, 0.1) is 0 Å². The fourth-order valence-electron chi connectivity index (χ4n) is 2.83. The standard InChI is InChI=1S/C18H20N2O3S/c1-19-13-14-20(17-11-7-4-8-12-17)18(19,24(2,21)22)23-15-16-9-5-3-6-10-16/h3-14H,15H2,1-2H3. The van der Waals surface area contributed by atoms with Gasteiger partial charge < -0.3 is 9.64 Å². The van der Waals surface area contributed by atoms with Gasteiger partial charge in [-0.25, -0.2) is 8.42 Å². The fourth-order valence-corrected chi connectivity index (χ4v) is 4.21. The third-order valence-corrected chi connectivity index (χ3v) is 5.55. The van der Waals surface area contributed by atoms with Crippen molar-refractivity contribution in [3.8, 4) is 0 Å². The minimum atomic E-state index is -3.61. The van der Waals surface area contributed by atoms with Gasteiger partial charge in [-0.05, 0) is 17.7 Å². The second-order valence-electron chi connectivity index (χ2n) is 5.71. The van der Waals surface area contributed by atoms with Gasteiger partial charge in [0.05, 0.1) is 6.61 Å². The smallest absolute Gasteiger partial charge is 0.321 e. The topological polar surface area (TPSA) is 49.9 Å². The molecule has 1 aliphatic rings. The zero-order chi connectivity index (χ0) is 17.2. The van der Waals surface area contributed by atoms with E-state index < -0.39 is 15.0 Å². The largest absolute Gasteiger partial charge is 0.332 e. The summed E-state index contributed by atoms with van der Waals surface area (Å²) in [5.74, 6) is 0. The van der Waals surface area contributed by atoms with E-state index in [4.69, 9.17) is 4.74 Å². The quantitative estimate of drug-likeness (QED) is 0.835. The molecule has 0 fully saturated rings. The zero-order valence-electron chi connectivity index (χ0n) is 13.7. The molecule has 0 amide bonds. The molecule has 0 saturated heterocycles. The van der Waals surface area contributed by atoms with Gasteiger partial charge in [-0.2, -0.15) is 0 Å². The Bertz CT molecular complexity index is 822. The molecular formula is C18H20N2O3S. The molecule has 1 atom stereocenters. The third kappa shape index (κ3) is 2.79. The van der Waals surface area contributed by atoms with Crippen LogP contribution in [0.25, 0.3) is 0 Å². The Morgan fingerprint density at radius 1 is 0.958 bits per heavy atom. The van der Waals surface area contributed by atoms with Crippen molar-refractivity contribution >= 4 is 15.5 Å². The maximum absolute atomic E-state index is 12.7. The van der Waals surface area contributed by atoms with Crippen LogP contribution < -0.4 is 4.90 Å². The number of hydrogen-bond donors (Lipinski definition) is 0. The van der Waals surface area contributed by atoms with Crippen molar-refractivity contribution in [1.29, 1.82) is 0 Å². The first kappa shape index (κ1) is 16.5. The number of sulfone groups is 1. The zero-order valence-corrected chi connectivity index (χ0v) is 14.5. The van der Waals surface area contributed by atoms with Gasteiger partial charge in [-0.3, -0.25) is 4.90 Å². The lowest BCUT2D eigenvalue weighted by molar-refractivity contribution is -0.0604. The van der Waals surface area contributed by atoms with Crippen molar-refractivity contribution in [3.63, 3.8) is 0 Å². The number of hydrogen-bond acceptors (Lipinski definition) is 5. The van der Waals surface area contributed by atoms with Gasteiger partial charge in [0, 0.05) is 31.4 Å².